The minimum absolute atomic E-state index is 0.259. The summed E-state index contributed by atoms with van der Waals surface area (Å²) in [6.45, 7) is 3.55. The summed E-state index contributed by atoms with van der Waals surface area (Å²) in [4.78, 5) is 25.0. The molecule has 1 fully saturated rings. The molecule has 7 nitrogen and oxygen atoms in total. The highest BCUT2D eigenvalue weighted by atomic mass is 16.5. The Labute approximate surface area is 110 Å². The zero-order valence-corrected chi connectivity index (χ0v) is 11.0. The molecule has 1 aromatic rings. The summed E-state index contributed by atoms with van der Waals surface area (Å²) in [6.07, 6.45) is 0.0338. The molecule has 1 saturated heterocycles. The van der Waals surface area contributed by atoms with Crippen molar-refractivity contribution in [2.24, 2.45) is 0 Å². The largest absolute Gasteiger partial charge is 0.480 e. The van der Waals surface area contributed by atoms with Crippen LogP contribution in [0.4, 0.5) is 0 Å². The SMILES string of the molecule is COC1CC(C(=O)O)N(C(=O)c2c(C)noc2C)C1. The minimum Gasteiger partial charge on any atom is -0.480 e. The number of aliphatic carboxylic acids is 1. The van der Waals surface area contributed by atoms with Gasteiger partial charge in [0.2, 0.25) is 0 Å². The van der Waals surface area contributed by atoms with E-state index in [9.17, 15) is 14.7 Å². The van der Waals surface area contributed by atoms with Crippen molar-refractivity contribution in [3.8, 4) is 0 Å². The van der Waals surface area contributed by atoms with Crippen LogP contribution in [0, 0.1) is 13.8 Å². The number of likely N-dealkylation sites (tertiary alicyclic amines) is 1. The Morgan fingerprint density at radius 2 is 2.16 bits per heavy atom. The van der Waals surface area contributed by atoms with E-state index in [1.165, 1.54) is 12.0 Å². The molecule has 1 amide bonds. The van der Waals surface area contributed by atoms with Crippen LogP contribution in [0.15, 0.2) is 4.52 Å². The molecule has 0 bridgehead atoms. The van der Waals surface area contributed by atoms with Crippen LogP contribution in [0.2, 0.25) is 0 Å². The molecular weight excluding hydrogens is 252 g/mol. The smallest absolute Gasteiger partial charge is 0.326 e. The Bertz CT molecular complexity index is 491. The fraction of sp³-hybridized carbons (Fsp3) is 0.583. The number of carboxylic acids is 1. The summed E-state index contributed by atoms with van der Waals surface area (Å²) in [6, 6.07) is -0.869. The van der Waals surface area contributed by atoms with Crippen LogP contribution >= 0.6 is 0 Å². The first-order valence-electron chi connectivity index (χ1n) is 5.95. The van der Waals surface area contributed by atoms with Gasteiger partial charge >= 0.3 is 5.97 Å². The Hall–Kier alpha value is -1.89. The molecule has 0 spiro atoms. The molecule has 1 aromatic heterocycles. The van der Waals surface area contributed by atoms with E-state index in [1.54, 1.807) is 13.8 Å². The molecule has 2 unspecified atom stereocenters. The third-order valence-electron chi connectivity index (χ3n) is 3.39. The van der Waals surface area contributed by atoms with E-state index in [2.05, 4.69) is 5.16 Å². The van der Waals surface area contributed by atoms with Crippen molar-refractivity contribution in [3.05, 3.63) is 17.0 Å². The number of carbonyl (C=O) groups is 2. The molecule has 1 aliphatic rings. The second-order valence-corrected chi connectivity index (χ2v) is 4.60. The predicted molar refractivity (Wildman–Crippen MR) is 63.9 cm³/mol. The van der Waals surface area contributed by atoms with Gasteiger partial charge in [-0.1, -0.05) is 5.16 Å². The molecule has 0 aromatic carbocycles. The van der Waals surface area contributed by atoms with Gasteiger partial charge in [-0.25, -0.2) is 4.79 Å². The first-order chi connectivity index (χ1) is 8.95. The van der Waals surface area contributed by atoms with Gasteiger partial charge < -0.3 is 19.3 Å². The zero-order valence-electron chi connectivity index (χ0n) is 11.0. The Morgan fingerprint density at radius 1 is 1.47 bits per heavy atom. The standard InChI is InChI=1S/C12H16N2O5/c1-6-10(7(2)19-13-6)11(15)14-5-8(18-3)4-9(14)12(16)17/h8-9H,4-5H2,1-3H3,(H,16,17). The van der Waals surface area contributed by atoms with Gasteiger partial charge in [0.1, 0.15) is 17.4 Å². The lowest BCUT2D eigenvalue weighted by Gasteiger charge is -2.20. The van der Waals surface area contributed by atoms with Crippen LogP contribution in [0.3, 0.4) is 0 Å². The zero-order chi connectivity index (χ0) is 14.2. The van der Waals surface area contributed by atoms with Gasteiger partial charge in [-0.2, -0.15) is 0 Å². The van der Waals surface area contributed by atoms with Crippen molar-refractivity contribution >= 4 is 11.9 Å². The number of ether oxygens (including phenoxy) is 1. The summed E-state index contributed by atoms with van der Waals surface area (Å²) in [7, 11) is 1.51. The predicted octanol–water partition coefficient (Wildman–Crippen LogP) is 0.606. The van der Waals surface area contributed by atoms with E-state index >= 15 is 0 Å². The number of aryl methyl sites for hydroxylation is 2. The Kier molecular flexibility index (Phi) is 3.57. The van der Waals surface area contributed by atoms with Gasteiger partial charge in [0.05, 0.1) is 11.8 Å². The first kappa shape index (κ1) is 13.5. The maximum Gasteiger partial charge on any atom is 0.326 e. The molecule has 2 atom stereocenters. The Morgan fingerprint density at radius 3 is 2.63 bits per heavy atom. The van der Waals surface area contributed by atoms with Crippen LogP contribution in [-0.2, 0) is 9.53 Å². The number of carbonyl (C=O) groups excluding carboxylic acids is 1. The van der Waals surface area contributed by atoms with Crippen LogP contribution < -0.4 is 0 Å². The second-order valence-electron chi connectivity index (χ2n) is 4.60. The fourth-order valence-corrected chi connectivity index (χ4v) is 2.36. The number of hydrogen-bond donors (Lipinski definition) is 1. The number of carboxylic acid groups (broad SMARTS) is 1. The highest BCUT2D eigenvalue weighted by molar-refractivity contribution is 5.98. The number of methoxy groups -OCH3 is 1. The monoisotopic (exact) mass is 268 g/mol. The lowest BCUT2D eigenvalue weighted by Crippen LogP contribution is -2.41. The van der Waals surface area contributed by atoms with Crippen molar-refractivity contribution in [3.63, 3.8) is 0 Å². The van der Waals surface area contributed by atoms with E-state index in [0.717, 1.165) is 0 Å². The van der Waals surface area contributed by atoms with Crippen molar-refractivity contribution in [1.82, 2.24) is 10.1 Å². The summed E-state index contributed by atoms with van der Waals surface area (Å²) in [5, 5.41) is 12.9. The average Bonchev–Trinajstić information content (AvgIpc) is 2.93. The average molecular weight is 268 g/mol. The number of nitrogens with zero attached hydrogens (tertiary/aromatic N) is 2. The van der Waals surface area contributed by atoms with Gasteiger partial charge in [0.15, 0.2) is 0 Å². The maximum absolute atomic E-state index is 12.4. The third kappa shape index (κ3) is 2.33. The molecule has 104 valence electrons. The molecule has 0 aliphatic carbocycles. The first-order valence-corrected chi connectivity index (χ1v) is 5.95. The van der Waals surface area contributed by atoms with Gasteiger partial charge in [-0.05, 0) is 13.8 Å². The molecule has 19 heavy (non-hydrogen) atoms. The lowest BCUT2D eigenvalue weighted by molar-refractivity contribution is -0.141. The van der Waals surface area contributed by atoms with Crippen LogP contribution in [0.25, 0.3) is 0 Å². The number of aromatic nitrogens is 1. The van der Waals surface area contributed by atoms with Gasteiger partial charge in [-0.15, -0.1) is 0 Å². The summed E-state index contributed by atoms with van der Waals surface area (Å²) in [5.74, 6) is -1.00. The topological polar surface area (TPSA) is 92.9 Å². The maximum atomic E-state index is 12.4. The molecule has 0 saturated carbocycles. The lowest BCUT2D eigenvalue weighted by atomic mass is 10.1. The number of hydrogen-bond acceptors (Lipinski definition) is 5. The van der Waals surface area contributed by atoms with E-state index in [0.29, 0.717) is 23.4 Å². The molecule has 1 aliphatic heterocycles. The Balaban J connectivity index is 2.29. The van der Waals surface area contributed by atoms with Gasteiger partial charge in [-0.3, -0.25) is 4.79 Å². The van der Waals surface area contributed by atoms with Crippen LogP contribution in [0.1, 0.15) is 28.2 Å². The van der Waals surface area contributed by atoms with Gasteiger partial charge in [0, 0.05) is 20.1 Å². The third-order valence-corrected chi connectivity index (χ3v) is 3.39. The van der Waals surface area contributed by atoms with Crippen LogP contribution in [0.5, 0.6) is 0 Å². The normalized spacial score (nSPS) is 22.8. The number of rotatable bonds is 3. The van der Waals surface area contributed by atoms with Crippen molar-refractivity contribution in [2.75, 3.05) is 13.7 Å². The van der Waals surface area contributed by atoms with E-state index in [-0.39, 0.29) is 18.6 Å². The van der Waals surface area contributed by atoms with E-state index in [4.69, 9.17) is 9.26 Å². The number of amides is 1. The summed E-state index contributed by atoms with van der Waals surface area (Å²) >= 11 is 0. The highest BCUT2D eigenvalue weighted by Gasteiger charge is 2.41. The molecular formula is C12H16N2O5. The highest BCUT2D eigenvalue weighted by Crippen LogP contribution is 2.25. The molecule has 2 rings (SSSR count). The summed E-state index contributed by atoms with van der Waals surface area (Å²) < 4.78 is 10.1. The van der Waals surface area contributed by atoms with Crippen molar-refractivity contribution < 1.29 is 24.0 Å². The molecule has 0 radical (unpaired) electrons. The quantitative estimate of drug-likeness (QED) is 0.863. The molecule has 1 N–H and O–H groups in total. The van der Waals surface area contributed by atoms with Crippen molar-refractivity contribution in [2.45, 2.75) is 32.4 Å². The van der Waals surface area contributed by atoms with E-state index < -0.39 is 12.0 Å². The van der Waals surface area contributed by atoms with Crippen molar-refractivity contribution in [1.29, 1.82) is 0 Å². The van der Waals surface area contributed by atoms with Crippen LogP contribution in [-0.4, -0.2) is 52.8 Å². The second kappa shape index (κ2) is 5.00. The summed E-state index contributed by atoms with van der Waals surface area (Å²) in [5.41, 5.74) is 0.801. The minimum atomic E-state index is -1.03. The van der Waals surface area contributed by atoms with E-state index in [1.807, 2.05) is 0 Å². The molecule has 7 heteroatoms. The van der Waals surface area contributed by atoms with Gasteiger partial charge in [0.25, 0.3) is 5.91 Å². The fourth-order valence-electron chi connectivity index (χ4n) is 2.36. The molecule has 2 heterocycles.